The van der Waals surface area contributed by atoms with E-state index in [0.29, 0.717) is 0 Å². The van der Waals surface area contributed by atoms with E-state index in [0.717, 1.165) is 70.3 Å². The third kappa shape index (κ3) is 5.86. The third-order valence-electron chi connectivity index (χ3n) is 4.26. The van der Waals surface area contributed by atoms with Crippen LogP contribution in [0, 0.1) is 6.92 Å². The number of nitrogens with zero attached hydrogens (tertiary/aromatic N) is 3. The minimum absolute atomic E-state index is 0.0820. The number of imidazole rings is 1. The molecule has 130 valence electrons. The standard InChI is InChI=1S/C17H31N5O/c1-4-18-16(21-14-17(3)8-7-13-23-17)20-9-5-6-11-22-12-10-19-15(22)2/h10,12H,4-9,11,13-14H2,1-3H3,(H2,18,20,21). The van der Waals surface area contributed by atoms with Crippen LogP contribution in [0.15, 0.2) is 17.4 Å². The van der Waals surface area contributed by atoms with Crippen molar-refractivity contribution in [3.05, 3.63) is 18.2 Å². The number of aliphatic imine (C=N–C) groups is 1. The summed E-state index contributed by atoms with van der Waals surface area (Å²) in [4.78, 5) is 8.93. The topological polar surface area (TPSA) is 63.5 Å². The van der Waals surface area contributed by atoms with Gasteiger partial charge in [-0.15, -0.1) is 0 Å². The van der Waals surface area contributed by atoms with E-state index >= 15 is 0 Å². The summed E-state index contributed by atoms with van der Waals surface area (Å²) in [5, 5.41) is 6.72. The molecule has 6 heteroatoms. The summed E-state index contributed by atoms with van der Waals surface area (Å²) in [5.41, 5.74) is -0.0820. The number of unbranched alkanes of at least 4 members (excludes halogenated alkanes) is 1. The minimum atomic E-state index is -0.0820. The van der Waals surface area contributed by atoms with Crippen LogP contribution in [-0.2, 0) is 11.3 Å². The summed E-state index contributed by atoms with van der Waals surface area (Å²) < 4.78 is 7.99. The quantitative estimate of drug-likeness (QED) is 0.437. The second kappa shape index (κ2) is 8.91. The fourth-order valence-corrected chi connectivity index (χ4v) is 2.80. The van der Waals surface area contributed by atoms with E-state index in [2.05, 4.69) is 39.0 Å². The number of guanidine groups is 1. The van der Waals surface area contributed by atoms with Crippen molar-refractivity contribution in [3.8, 4) is 0 Å². The second-order valence-electron chi connectivity index (χ2n) is 6.40. The normalized spacial score (nSPS) is 21.6. The highest BCUT2D eigenvalue weighted by Crippen LogP contribution is 2.24. The largest absolute Gasteiger partial charge is 0.373 e. The average Bonchev–Trinajstić information content (AvgIpc) is 3.14. The Labute approximate surface area is 139 Å². The average molecular weight is 321 g/mol. The predicted molar refractivity (Wildman–Crippen MR) is 93.8 cm³/mol. The summed E-state index contributed by atoms with van der Waals surface area (Å²) in [6.45, 7) is 10.7. The van der Waals surface area contributed by atoms with Gasteiger partial charge < -0.3 is 19.9 Å². The molecular weight excluding hydrogens is 290 g/mol. The van der Waals surface area contributed by atoms with E-state index in [1.165, 1.54) is 0 Å². The van der Waals surface area contributed by atoms with Gasteiger partial charge in [0, 0.05) is 38.6 Å². The lowest BCUT2D eigenvalue weighted by molar-refractivity contribution is 0.0283. The van der Waals surface area contributed by atoms with Crippen LogP contribution in [0.25, 0.3) is 0 Å². The number of rotatable bonds is 8. The fraction of sp³-hybridized carbons (Fsp3) is 0.765. The van der Waals surface area contributed by atoms with Crippen molar-refractivity contribution in [2.75, 3.05) is 26.2 Å². The lowest BCUT2D eigenvalue weighted by Gasteiger charge is -2.21. The molecule has 0 aromatic carbocycles. The van der Waals surface area contributed by atoms with Gasteiger partial charge in [0.1, 0.15) is 5.82 Å². The molecule has 1 aliphatic heterocycles. The van der Waals surface area contributed by atoms with E-state index in [1.807, 2.05) is 19.3 Å². The van der Waals surface area contributed by atoms with Gasteiger partial charge in [-0.05, 0) is 46.5 Å². The van der Waals surface area contributed by atoms with Crippen LogP contribution < -0.4 is 10.6 Å². The van der Waals surface area contributed by atoms with Crippen LogP contribution >= 0.6 is 0 Å². The zero-order chi connectivity index (χ0) is 16.5. The summed E-state index contributed by atoms with van der Waals surface area (Å²) in [5.74, 6) is 1.97. The Hall–Kier alpha value is -1.56. The Kier molecular flexibility index (Phi) is 6.89. The molecule has 0 aliphatic carbocycles. The van der Waals surface area contributed by atoms with Crippen molar-refractivity contribution >= 4 is 5.96 Å². The summed E-state index contributed by atoms with van der Waals surface area (Å²) >= 11 is 0. The van der Waals surface area contributed by atoms with Gasteiger partial charge in [0.15, 0.2) is 5.96 Å². The molecule has 2 heterocycles. The van der Waals surface area contributed by atoms with Crippen molar-refractivity contribution in [3.63, 3.8) is 0 Å². The van der Waals surface area contributed by atoms with E-state index < -0.39 is 0 Å². The maximum Gasteiger partial charge on any atom is 0.191 e. The number of hydrogen-bond donors (Lipinski definition) is 2. The molecule has 2 N–H and O–H groups in total. The molecule has 1 aliphatic rings. The summed E-state index contributed by atoms with van der Waals surface area (Å²) in [6, 6.07) is 0. The fourth-order valence-electron chi connectivity index (χ4n) is 2.80. The first-order valence-corrected chi connectivity index (χ1v) is 8.77. The first-order chi connectivity index (χ1) is 11.1. The third-order valence-corrected chi connectivity index (χ3v) is 4.26. The zero-order valence-corrected chi connectivity index (χ0v) is 14.8. The lowest BCUT2D eigenvalue weighted by Crippen LogP contribution is -2.39. The van der Waals surface area contributed by atoms with Crippen LogP contribution in [0.5, 0.6) is 0 Å². The Morgan fingerprint density at radius 3 is 2.96 bits per heavy atom. The van der Waals surface area contributed by atoms with Gasteiger partial charge in [0.2, 0.25) is 0 Å². The van der Waals surface area contributed by atoms with Crippen LogP contribution in [0.1, 0.15) is 45.4 Å². The van der Waals surface area contributed by atoms with Gasteiger partial charge in [0.05, 0.1) is 12.1 Å². The van der Waals surface area contributed by atoms with Crippen LogP contribution in [0.2, 0.25) is 0 Å². The van der Waals surface area contributed by atoms with Crippen molar-refractivity contribution in [1.29, 1.82) is 0 Å². The maximum absolute atomic E-state index is 5.79. The lowest BCUT2D eigenvalue weighted by atomic mass is 10.0. The van der Waals surface area contributed by atoms with Gasteiger partial charge in [0.25, 0.3) is 0 Å². The van der Waals surface area contributed by atoms with Gasteiger partial charge in [-0.25, -0.2) is 4.98 Å². The van der Waals surface area contributed by atoms with Crippen molar-refractivity contribution in [2.45, 2.75) is 58.6 Å². The van der Waals surface area contributed by atoms with Crippen LogP contribution in [0.4, 0.5) is 0 Å². The molecule has 1 aromatic heterocycles. The maximum atomic E-state index is 5.79. The van der Waals surface area contributed by atoms with Crippen LogP contribution in [0.3, 0.4) is 0 Å². The summed E-state index contributed by atoms with van der Waals surface area (Å²) in [7, 11) is 0. The molecule has 0 radical (unpaired) electrons. The number of nitrogens with one attached hydrogen (secondary N) is 2. The minimum Gasteiger partial charge on any atom is -0.373 e. The molecule has 0 saturated carbocycles. The van der Waals surface area contributed by atoms with Crippen molar-refractivity contribution < 1.29 is 4.74 Å². The Morgan fingerprint density at radius 2 is 2.30 bits per heavy atom. The van der Waals surface area contributed by atoms with Gasteiger partial charge in [-0.2, -0.15) is 0 Å². The molecule has 2 rings (SSSR count). The number of hydrogen-bond acceptors (Lipinski definition) is 3. The number of aryl methyl sites for hydroxylation is 2. The highest BCUT2D eigenvalue weighted by molar-refractivity contribution is 5.79. The molecule has 1 fully saturated rings. The molecule has 0 bridgehead atoms. The van der Waals surface area contributed by atoms with E-state index in [4.69, 9.17) is 4.74 Å². The first-order valence-electron chi connectivity index (χ1n) is 8.77. The monoisotopic (exact) mass is 321 g/mol. The Balaban J connectivity index is 1.68. The number of aromatic nitrogens is 2. The Bertz CT molecular complexity index is 491. The van der Waals surface area contributed by atoms with Crippen molar-refractivity contribution in [1.82, 2.24) is 20.2 Å². The van der Waals surface area contributed by atoms with Gasteiger partial charge in [-0.3, -0.25) is 4.99 Å². The van der Waals surface area contributed by atoms with Crippen molar-refractivity contribution in [2.24, 2.45) is 4.99 Å². The first kappa shape index (κ1) is 17.8. The van der Waals surface area contributed by atoms with E-state index in [-0.39, 0.29) is 5.60 Å². The van der Waals surface area contributed by atoms with E-state index in [9.17, 15) is 0 Å². The van der Waals surface area contributed by atoms with E-state index in [1.54, 1.807) is 0 Å². The molecule has 1 unspecified atom stereocenters. The molecule has 1 aromatic rings. The number of ether oxygens (including phenoxy) is 1. The molecule has 23 heavy (non-hydrogen) atoms. The molecule has 1 atom stereocenters. The molecule has 0 spiro atoms. The predicted octanol–water partition coefficient (Wildman–Crippen LogP) is 2.10. The smallest absolute Gasteiger partial charge is 0.191 e. The summed E-state index contributed by atoms with van der Waals surface area (Å²) in [6.07, 6.45) is 8.37. The highest BCUT2D eigenvalue weighted by Gasteiger charge is 2.29. The molecule has 0 amide bonds. The SMILES string of the molecule is CCNC(=NCC1(C)CCCO1)NCCCCn1ccnc1C. The van der Waals surface area contributed by atoms with Crippen LogP contribution in [-0.4, -0.2) is 47.4 Å². The zero-order valence-electron chi connectivity index (χ0n) is 14.8. The molecule has 6 nitrogen and oxygen atoms in total. The molecular formula is C17H31N5O. The van der Waals surface area contributed by atoms with Gasteiger partial charge >= 0.3 is 0 Å². The molecule has 1 saturated heterocycles. The van der Waals surface area contributed by atoms with Gasteiger partial charge in [-0.1, -0.05) is 0 Å². The highest BCUT2D eigenvalue weighted by atomic mass is 16.5. The Morgan fingerprint density at radius 1 is 1.43 bits per heavy atom. The second-order valence-corrected chi connectivity index (χ2v) is 6.40.